The predicted octanol–water partition coefficient (Wildman–Crippen LogP) is 1.27. The smallest absolute Gasteiger partial charge is 0.276 e. The highest BCUT2D eigenvalue weighted by Crippen LogP contribution is 2.31. The largest absolute Gasteiger partial charge is 0.381 e. The molecule has 2 aliphatic rings. The first-order valence-electron chi connectivity index (χ1n) is 9.95. The molecule has 3 aromatic heterocycles. The Morgan fingerprint density at radius 3 is 2.89 bits per heavy atom. The first-order valence-corrected chi connectivity index (χ1v) is 9.95. The third-order valence-corrected chi connectivity index (χ3v) is 6.00. The molecule has 2 N–H and O–H groups in total. The van der Waals surface area contributed by atoms with Gasteiger partial charge in [-0.15, -0.1) is 0 Å². The van der Waals surface area contributed by atoms with E-state index in [1.807, 2.05) is 6.20 Å². The van der Waals surface area contributed by atoms with Gasteiger partial charge in [0.2, 0.25) is 0 Å². The zero-order valence-electron chi connectivity index (χ0n) is 16.0. The van der Waals surface area contributed by atoms with E-state index < -0.39 is 0 Å². The van der Waals surface area contributed by atoms with Crippen molar-refractivity contribution in [3.05, 3.63) is 46.4 Å². The van der Waals surface area contributed by atoms with E-state index >= 15 is 0 Å². The van der Waals surface area contributed by atoms with Crippen LogP contribution in [0.3, 0.4) is 0 Å². The molecule has 2 atom stereocenters. The first-order chi connectivity index (χ1) is 13.7. The van der Waals surface area contributed by atoms with Gasteiger partial charge in [-0.25, -0.2) is 14.5 Å². The number of nitrogens with one attached hydrogen (secondary N) is 2. The second kappa shape index (κ2) is 7.14. The molecule has 0 spiro atoms. The molecular formula is C19H25N7O2. The van der Waals surface area contributed by atoms with Gasteiger partial charge in [0.15, 0.2) is 5.52 Å². The van der Waals surface area contributed by atoms with E-state index in [-0.39, 0.29) is 17.4 Å². The van der Waals surface area contributed by atoms with Crippen LogP contribution in [-0.4, -0.2) is 60.8 Å². The summed E-state index contributed by atoms with van der Waals surface area (Å²) in [5, 5.41) is 4.84. The third-order valence-electron chi connectivity index (χ3n) is 6.00. The second-order valence-corrected chi connectivity index (χ2v) is 7.95. The summed E-state index contributed by atoms with van der Waals surface area (Å²) in [5.41, 5.74) is 0.399. The number of fused-ring (bicyclic) bond motifs is 1. The van der Waals surface area contributed by atoms with E-state index in [4.69, 9.17) is 9.84 Å². The molecule has 28 heavy (non-hydrogen) atoms. The molecule has 9 nitrogen and oxygen atoms in total. The first kappa shape index (κ1) is 17.6. The number of hydrogen-bond acceptors (Lipinski definition) is 6. The summed E-state index contributed by atoms with van der Waals surface area (Å²) in [6.07, 6.45) is 7.09. The number of rotatable bonds is 4. The Hall–Kier alpha value is -2.52. The number of H-pyrrole nitrogens is 2. The Labute approximate surface area is 162 Å². The molecule has 2 unspecified atom stereocenters. The molecule has 5 rings (SSSR count). The van der Waals surface area contributed by atoms with E-state index in [2.05, 4.69) is 31.8 Å². The van der Waals surface area contributed by atoms with E-state index in [0.29, 0.717) is 11.4 Å². The maximum absolute atomic E-state index is 12.7. The van der Waals surface area contributed by atoms with Crippen molar-refractivity contribution in [3.63, 3.8) is 0 Å². The second-order valence-electron chi connectivity index (χ2n) is 7.95. The molecule has 0 saturated carbocycles. The molecule has 0 amide bonds. The highest BCUT2D eigenvalue weighted by atomic mass is 16.5. The zero-order chi connectivity index (χ0) is 19.1. The Balaban J connectivity index is 1.44. The molecule has 5 heterocycles. The van der Waals surface area contributed by atoms with Gasteiger partial charge in [0, 0.05) is 50.5 Å². The fraction of sp³-hybridized carbons (Fsp3) is 0.579. The van der Waals surface area contributed by atoms with Crippen molar-refractivity contribution in [3.8, 4) is 0 Å². The van der Waals surface area contributed by atoms with Crippen LogP contribution in [0.5, 0.6) is 0 Å². The van der Waals surface area contributed by atoms with Gasteiger partial charge >= 0.3 is 0 Å². The van der Waals surface area contributed by atoms with Crippen molar-refractivity contribution in [1.29, 1.82) is 0 Å². The molecule has 0 radical (unpaired) electrons. The third kappa shape index (κ3) is 3.14. The van der Waals surface area contributed by atoms with Crippen molar-refractivity contribution >= 4 is 5.52 Å². The normalized spacial score (nSPS) is 24.3. The van der Waals surface area contributed by atoms with Crippen LogP contribution in [0.1, 0.15) is 49.1 Å². The lowest BCUT2D eigenvalue weighted by Gasteiger charge is -2.21. The standard InChI is InChI=1S/C19H25N7O2/c1-12-9-25(11-16-20-4-5-21-16)10-14(12)17-23-19(27)15-8-22-18(26(15)24-17)13-2-6-28-7-3-13/h4-5,8,12-14H,2-3,6-7,9-11H2,1H3,(H,20,21)(H,23,24,27). The van der Waals surface area contributed by atoms with Gasteiger partial charge in [0.25, 0.3) is 5.56 Å². The molecule has 0 aromatic carbocycles. The lowest BCUT2D eigenvalue weighted by Crippen LogP contribution is -2.24. The topological polar surface area (TPSA) is 104 Å². The number of likely N-dealkylation sites (tertiary alicyclic amines) is 1. The Bertz CT molecular complexity index is 1000. The van der Waals surface area contributed by atoms with Crippen LogP contribution >= 0.6 is 0 Å². The zero-order valence-corrected chi connectivity index (χ0v) is 16.0. The minimum absolute atomic E-state index is 0.118. The minimum atomic E-state index is -0.118. The Kier molecular flexibility index (Phi) is 4.48. The van der Waals surface area contributed by atoms with Gasteiger partial charge < -0.3 is 14.7 Å². The number of aromatic amines is 2. The number of nitrogens with zero attached hydrogens (tertiary/aromatic N) is 5. The van der Waals surface area contributed by atoms with E-state index in [0.717, 1.165) is 63.2 Å². The molecule has 148 valence electrons. The summed E-state index contributed by atoms with van der Waals surface area (Å²) in [6, 6.07) is 0. The molecule has 9 heteroatoms. The maximum Gasteiger partial charge on any atom is 0.276 e. The van der Waals surface area contributed by atoms with Gasteiger partial charge in [0.1, 0.15) is 17.5 Å². The maximum atomic E-state index is 12.7. The number of aromatic nitrogens is 6. The summed E-state index contributed by atoms with van der Waals surface area (Å²) >= 11 is 0. The summed E-state index contributed by atoms with van der Waals surface area (Å²) < 4.78 is 7.24. The van der Waals surface area contributed by atoms with Crippen LogP contribution < -0.4 is 5.56 Å². The molecule has 0 aliphatic carbocycles. The lowest BCUT2D eigenvalue weighted by molar-refractivity contribution is 0.0832. The van der Waals surface area contributed by atoms with Gasteiger partial charge in [-0.2, -0.15) is 5.10 Å². The van der Waals surface area contributed by atoms with Crippen molar-refractivity contribution < 1.29 is 4.74 Å². The predicted molar refractivity (Wildman–Crippen MR) is 102 cm³/mol. The Morgan fingerprint density at radius 1 is 1.25 bits per heavy atom. The molecule has 3 aromatic rings. The summed E-state index contributed by atoms with van der Waals surface area (Å²) in [6.45, 7) is 6.25. The highest BCUT2D eigenvalue weighted by Gasteiger charge is 2.33. The Morgan fingerprint density at radius 2 is 2.11 bits per heavy atom. The monoisotopic (exact) mass is 383 g/mol. The number of hydrogen-bond donors (Lipinski definition) is 2. The van der Waals surface area contributed by atoms with Gasteiger partial charge in [-0.05, 0) is 18.8 Å². The van der Waals surface area contributed by atoms with Crippen LogP contribution in [0.15, 0.2) is 23.4 Å². The van der Waals surface area contributed by atoms with Crippen LogP contribution in [0.25, 0.3) is 5.52 Å². The van der Waals surface area contributed by atoms with Crippen molar-refractivity contribution in [2.75, 3.05) is 26.3 Å². The lowest BCUT2D eigenvalue weighted by atomic mass is 9.97. The average molecular weight is 383 g/mol. The molecule has 0 bridgehead atoms. The van der Waals surface area contributed by atoms with Gasteiger partial charge in [-0.3, -0.25) is 9.69 Å². The molecular weight excluding hydrogens is 358 g/mol. The average Bonchev–Trinajstić information content (AvgIpc) is 3.43. The summed E-state index contributed by atoms with van der Waals surface area (Å²) in [7, 11) is 0. The van der Waals surface area contributed by atoms with E-state index in [9.17, 15) is 4.79 Å². The van der Waals surface area contributed by atoms with Crippen molar-refractivity contribution in [2.45, 2.75) is 38.1 Å². The van der Waals surface area contributed by atoms with Gasteiger partial charge in [0.05, 0.1) is 12.7 Å². The minimum Gasteiger partial charge on any atom is -0.381 e. The molecule has 2 aliphatic heterocycles. The summed E-state index contributed by atoms with van der Waals surface area (Å²) in [4.78, 5) is 30.1. The molecule has 2 fully saturated rings. The SMILES string of the molecule is CC1CN(Cc2ncc[nH]2)CC1c1nn2c(C3CCOCC3)ncc2c(=O)[nH]1. The number of imidazole rings is 2. The van der Waals surface area contributed by atoms with E-state index in [1.165, 1.54) is 0 Å². The summed E-state index contributed by atoms with van der Waals surface area (Å²) in [5.74, 6) is 3.45. The van der Waals surface area contributed by atoms with Crippen LogP contribution in [0.2, 0.25) is 0 Å². The van der Waals surface area contributed by atoms with Crippen LogP contribution in [0, 0.1) is 5.92 Å². The van der Waals surface area contributed by atoms with Crippen LogP contribution in [-0.2, 0) is 11.3 Å². The fourth-order valence-corrected chi connectivity index (χ4v) is 4.48. The quantitative estimate of drug-likeness (QED) is 0.703. The van der Waals surface area contributed by atoms with Crippen molar-refractivity contribution in [1.82, 2.24) is 34.4 Å². The van der Waals surface area contributed by atoms with E-state index in [1.54, 1.807) is 16.9 Å². The van der Waals surface area contributed by atoms with Gasteiger partial charge in [-0.1, -0.05) is 6.92 Å². The van der Waals surface area contributed by atoms with Crippen molar-refractivity contribution in [2.24, 2.45) is 5.92 Å². The fourth-order valence-electron chi connectivity index (χ4n) is 4.48. The molecule has 2 saturated heterocycles. The van der Waals surface area contributed by atoms with Crippen LogP contribution in [0.4, 0.5) is 0 Å². The highest BCUT2D eigenvalue weighted by molar-refractivity contribution is 5.42. The number of ether oxygens (including phenoxy) is 1.